The van der Waals surface area contributed by atoms with Gasteiger partial charge in [0.05, 0.1) is 16.1 Å². The lowest BCUT2D eigenvalue weighted by atomic mass is 10.0. The Hall–Kier alpha value is -2.02. The zero-order chi connectivity index (χ0) is 21.8. The summed E-state index contributed by atoms with van der Waals surface area (Å²) in [6, 6.07) is 13.0. The number of benzene rings is 2. The Labute approximate surface area is 191 Å². The first kappa shape index (κ1) is 22.7. The van der Waals surface area contributed by atoms with Gasteiger partial charge in [-0.25, -0.2) is 0 Å². The predicted octanol–water partition coefficient (Wildman–Crippen LogP) is 5.85. The lowest BCUT2D eigenvalue weighted by Crippen LogP contribution is -2.33. The second-order valence-corrected chi connectivity index (χ2v) is 9.26. The fourth-order valence-electron chi connectivity index (χ4n) is 2.95. The minimum absolute atomic E-state index is 0.120. The van der Waals surface area contributed by atoms with E-state index >= 15 is 0 Å². The largest absolute Gasteiger partial charge is 0.342 e. The zero-order valence-corrected chi connectivity index (χ0v) is 19.6. The quantitative estimate of drug-likeness (QED) is 0.447. The molecule has 8 heteroatoms. The van der Waals surface area contributed by atoms with Crippen molar-refractivity contribution in [2.75, 3.05) is 0 Å². The Morgan fingerprint density at radius 1 is 1.10 bits per heavy atom. The van der Waals surface area contributed by atoms with Gasteiger partial charge in [0, 0.05) is 18.4 Å². The van der Waals surface area contributed by atoms with Gasteiger partial charge >= 0.3 is 0 Å². The van der Waals surface area contributed by atoms with Gasteiger partial charge in [-0.1, -0.05) is 78.6 Å². The molecule has 158 valence electrons. The van der Waals surface area contributed by atoms with E-state index in [4.69, 9.17) is 23.2 Å². The Morgan fingerprint density at radius 3 is 2.43 bits per heavy atom. The minimum Gasteiger partial charge on any atom is -0.342 e. The maximum Gasteiger partial charge on any atom is 0.251 e. The van der Waals surface area contributed by atoms with E-state index in [0.717, 1.165) is 10.9 Å². The highest BCUT2D eigenvalue weighted by Crippen LogP contribution is 2.27. The van der Waals surface area contributed by atoms with E-state index < -0.39 is 0 Å². The normalized spacial score (nSPS) is 12.2. The smallest absolute Gasteiger partial charge is 0.251 e. The third kappa shape index (κ3) is 5.36. The van der Waals surface area contributed by atoms with Crippen LogP contribution in [0.2, 0.25) is 10.0 Å². The molecular formula is C22H24Cl2N4OS. The molecule has 0 saturated heterocycles. The molecule has 0 fully saturated rings. The summed E-state index contributed by atoms with van der Waals surface area (Å²) in [6.07, 6.45) is 0. The Morgan fingerprint density at radius 2 is 1.80 bits per heavy atom. The molecule has 1 aromatic heterocycles. The van der Waals surface area contributed by atoms with Crippen molar-refractivity contribution in [1.82, 2.24) is 20.1 Å². The van der Waals surface area contributed by atoms with Gasteiger partial charge in [-0.15, -0.1) is 10.2 Å². The number of amides is 1. The van der Waals surface area contributed by atoms with Crippen molar-refractivity contribution in [3.8, 4) is 0 Å². The Balaban J connectivity index is 1.75. The molecule has 0 unspecified atom stereocenters. The molecule has 5 nitrogen and oxygen atoms in total. The number of hydrogen-bond acceptors (Lipinski definition) is 4. The average molecular weight is 463 g/mol. The predicted molar refractivity (Wildman–Crippen MR) is 123 cm³/mol. The summed E-state index contributed by atoms with van der Waals surface area (Å²) < 4.78 is 1.94. The van der Waals surface area contributed by atoms with E-state index in [9.17, 15) is 4.79 Å². The summed E-state index contributed by atoms with van der Waals surface area (Å²) in [5.74, 6) is 1.40. The molecule has 1 N–H and O–H groups in total. The van der Waals surface area contributed by atoms with Crippen LogP contribution in [-0.2, 0) is 12.8 Å². The van der Waals surface area contributed by atoms with Gasteiger partial charge in [-0.2, -0.15) is 0 Å². The third-order valence-corrected chi connectivity index (χ3v) is 6.60. The van der Waals surface area contributed by atoms with Crippen LogP contribution in [0.15, 0.2) is 47.6 Å². The number of aryl methyl sites for hydroxylation is 1. The second kappa shape index (κ2) is 9.86. The van der Waals surface area contributed by atoms with Crippen molar-refractivity contribution in [3.05, 3.63) is 75.0 Å². The van der Waals surface area contributed by atoms with Crippen LogP contribution < -0.4 is 5.32 Å². The van der Waals surface area contributed by atoms with E-state index in [-0.39, 0.29) is 17.9 Å². The Kier molecular flexibility index (Phi) is 7.45. The fourth-order valence-corrected chi connectivity index (χ4v) is 4.12. The molecule has 0 saturated carbocycles. The number of aromatic nitrogens is 3. The van der Waals surface area contributed by atoms with E-state index in [2.05, 4.69) is 46.7 Å². The molecule has 0 aliphatic carbocycles. The van der Waals surface area contributed by atoms with Gasteiger partial charge in [0.1, 0.15) is 0 Å². The number of carbonyl (C=O) groups is 1. The lowest BCUT2D eigenvalue weighted by Gasteiger charge is -2.22. The number of carbonyl (C=O) groups excluding carboxylic acids is 1. The molecule has 3 rings (SSSR count). The number of nitrogens with zero attached hydrogens (tertiary/aromatic N) is 3. The Bertz CT molecular complexity index is 1030. The molecule has 0 bridgehead atoms. The van der Waals surface area contributed by atoms with Crippen molar-refractivity contribution in [1.29, 1.82) is 0 Å². The van der Waals surface area contributed by atoms with Crippen LogP contribution in [-0.4, -0.2) is 20.7 Å². The molecule has 0 radical (unpaired) electrons. The van der Waals surface area contributed by atoms with Gasteiger partial charge in [-0.05, 0) is 36.6 Å². The molecule has 3 aromatic rings. The number of hydrogen-bond donors (Lipinski definition) is 1. The number of rotatable bonds is 7. The topological polar surface area (TPSA) is 59.8 Å². The monoisotopic (exact) mass is 462 g/mol. The van der Waals surface area contributed by atoms with Crippen LogP contribution in [0.1, 0.15) is 47.2 Å². The van der Waals surface area contributed by atoms with Crippen LogP contribution in [0.25, 0.3) is 0 Å². The lowest BCUT2D eigenvalue weighted by molar-refractivity contribution is 0.0922. The van der Waals surface area contributed by atoms with E-state index in [1.807, 2.05) is 25.5 Å². The average Bonchev–Trinajstić information content (AvgIpc) is 3.07. The molecule has 30 heavy (non-hydrogen) atoms. The van der Waals surface area contributed by atoms with Gasteiger partial charge < -0.3 is 9.88 Å². The molecule has 1 amide bonds. The second-order valence-electron chi connectivity index (χ2n) is 7.50. The number of thioether (sulfide) groups is 1. The molecule has 0 spiro atoms. The van der Waals surface area contributed by atoms with Crippen LogP contribution >= 0.6 is 35.0 Å². The molecular weight excluding hydrogens is 439 g/mol. The highest BCUT2D eigenvalue weighted by atomic mass is 35.5. The van der Waals surface area contributed by atoms with Crippen LogP contribution in [0.3, 0.4) is 0 Å². The van der Waals surface area contributed by atoms with Crippen molar-refractivity contribution in [2.24, 2.45) is 13.0 Å². The first-order valence-electron chi connectivity index (χ1n) is 9.59. The van der Waals surface area contributed by atoms with Gasteiger partial charge in [0.15, 0.2) is 11.0 Å². The van der Waals surface area contributed by atoms with Crippen LogP contribution in [0, 0.1) is 12.8 Å². The van der Waals surface area contributed by atoms with E-state index in [0.29, 0.717) is 21.4 Å². The summed E-state index contributed by atoms with van der Waals surface area (Å²) in [5.41, 5.74) is 2.91. The number of nitrogens with one attached hydrogen (secondary N) is 1. The summed E-state index contributed by atoms with van der Waals surface area (Å²) in [7, 11) is 1.92. The van der Waals surface area contributed by atoms with Crippen molar-refractivity contribution in [3.63, 3.8) is 0 Å². The summed E-state index contributed by atoms with van der Waals surface area (Å²) in [6.45, 7) is 6.14. The first-order valence-corrected chi connectivity index (χ1v) is 11.3. The standard InChI is InChI=1S/C22H24Cl2N4OS/c1-13(2)19(25-21(29)16-9-10-17(23)18(24)11-16)20-26-27-22(28(20)4)30-12-15-7-5-14(3)6-8-15/h5-11,13,19H,12H2,1-4H3,(H,25,29)/t19-/m0/s1. The molecule has 2 aromatic carbocycles. The molecule has 1 atom stereocenters. The maximum atomic E-state index is 12.8. The zero-order valence-electron chi connectivity index (χ0n) is 17.3. The van der Waals surface area contributed by atoms with E-state index in [1.165, 1.54) is 11.1 Å². The first-order chi connectivity index (χ1) is 14.3. The summed E-state index contributed by atoms with van der Waals surface area (Å²) in [5, 5.41) is 13.3. The minimum atomic E-state index is -0.293. The number of halogens is 2. The fraction of sp³-hybridized carbons (Fsp3) is 0.318. The van der Waals surface area contributed by atoms with Gasteiger partial charge in [0.25, 0.3) is 5.91 Å². The van der Waals surface area contributed by atoms with Crippen molar-refractivity contribution in [2.45, 2.75) is 37.7 Å². The van der Waals surface area contributed by atoms with Crippen LogP contribution in [0.4, 0.5) is 0 Å². The maximum absolute atomic E-state index is 12.8. The van der Waals surface area contributed by atoms with Gasteiger partial charge in [0.2, 0.25) is 0 Å². The van der Waals surface area contributed by atoms with Crippen molar-refractivity contribution < 1.29 is 4.79 Å². The summed E-state index contributed by atoms with van der Waals surface area (Å²) >= 11 is 13.6. The SMILES string of the molecule is Cc1ccc(CSc2nnc([C@@H](NC(=O)c3ccc(Cl)c(Cl)c3)C(C)C)n2C)cc1. The highest BCUT2D eigenvalue weighted by Gasteiger charge is 2.25. The van der Waals surface area contributed by atoms with Crippen molar-refractivity contribution >= 4 is 40.9 Å². The molecule has 0 aliphatic heterocycles. The highest BCUT2D eigenvalue weighted by molar-refractivity contribution is 7.98. The summed E-state index contributed by atoms with van der Waals surface area (Å²) in [4.78, 5) is 12.8. The van der Waals surface area contributed by atoms with Crippen LogP contribution in [0.5, 0.6) is 0 Å². The van der Waals surface area contributed by atoms with Gasteiger partial charge in [-0.3, -0.25) is 4.79 Å². The van der Waals surface area contributed by atoms with E-state index in [1.54, 1.807) is 30.0 Å². The molecule has 0 aliphatic rings. The third-order valence-electron chi connectivity index (χ3n) is 4.77. The molecule has 1 heterocycles.